The lowest BCUT2D eigenvalue weighted by atomic mass is 10.2. The van der Waals surface area contributed by atoms with Gasteiger partial charge in [-0.25, -0.2) is 0 Å². The number of nitrogens with one attached hydrogen (secondary N) is 1. The summed E-state index contributed by atoms with van der Waals surface area (Å²) in [5.74, 6) is -0.562. The molecule has 0 saturated carbocycles. The van der Waals surface area contributed by atoms with Gasteiger partial charge in [0.25, 0.3) is 5.91 Å². The van der Waals surface area contributed by atoms with Crippen molar-refractivity contribution in [2.75, 3.05) is 26.4 Å². The van der Waals surface area contributed by atoms with Crippen LogP contribution in [0.15, 0.2) is 0 Å². The average Bonchev–Trinajstić information content (AvgIpc) is 2.52. The van der Waals surface area contributed by atoms with E-state index in [1.54, 1.807) is 21.0 Å². The first-order valence-electron chi connectivity index (χ1n) is 5.13. The third kappa shape index (κ3) is 2.55. The smallest absolute Gasteiger partial charge is 0.274 e. The molecule has 94 valence electrons. The lowest BCUT2D eigenvalue weighted by molar-refractivity contribution is -0.121. The van der Waals surface area contributed by atoms with Gasteiger partial charge in [0.2, 0.25) is 5.91 Å². The summed E-state index contributed by atoms with van der Waals surface area (Å²) in [6, 6.07) is 0. The van der Waals surface area contributed by atoms with Gasteiger partial charge in [0.15, 0.2) is 0 Å². The van der Waals surface area contributed by atoms with Crippen LogP contribution in [0.25, 0.3) is 0 Å². The molecule has 7 heteroatoms. The normalized spacial score (nSPS) is 10.1. The van der Waals surface area contributed by atoms with Crippen molar-refractivity contribution in [1.29, 1.82) is 0 Å². The van der Waals surface area contributed by atoms with Crippen LogP contribution in [0.3, 0.4) is 0 Å². The van der Waals surface area contributed by atoms with Crippen LogP contribution < -0.4 is 11.1 Å². The van der Waals surface area contributed by atoms with Gasteiger partial charge in [0, 0.05) is 21.1 Å². The van der Waals surface area contributed by atoms with E-state index in [1.165, 1.54) is 16.6 Å². The van der Waals surface area contributed by atoms with Gasteiger partial charge in [-0.1, -0.05) is 0 Å². The van der Waals surface area contributed by atoms with Crippen molar-refractivity contribution in [2.24, 2.45) is 7.05 Å². The van der Waals surface area contributed by atoms with E-state index in [9.17, 15) is 9.59 Å². The molecule has 0 aliphatic heterocycles. The number of amides is 2. The Hall–Kier alpha value is -2.05. The number of nitrogens with zero attached hydrogens (tertiary/aromatic N) is 3. The third-order valence-corrected chi connectivity index (χ3v) is 2.48. The second-order valence-electron chi connectivity index (χ2n) is 3.81. The Balaban J connectivity index is 2.93. The maximum atomic E-state index is 12.1. The molecule has 0 radical (unpaired) electrons. The fourth-order valence-electron chi connectivity index (χ4n) is 1.48. The van der Waals surface area contributed by atoms with E-state index in [0.717, 1.165) is 0 Å². The number of aryl methyl sites for hydroxylation is 2. The second-order valence-corrected chi connectivity index (χ2v) is 3.81. The molecule has 3 N–H and O–H groups in total. The molecule has 0 saturated heterocycles. The molecule has 1 rings (SSSR count). The summed E-state index contributed by atoms with van der Waals surface area (Å²) in [7, 11) is 4.70. The van der Waals surface area contributed by atoms with E-state index >= 15 is 0 Å². The first kappa shape index (κ1) is 13.0. The van der Waals surface area contributed by atoms with Crippen molar-refractivity contribution in [2.45, 2.75) is 6.92 Å². The molecule has 0 fully saturated rings. The first-order valence-corrected chi connectivity index (χ1v) is 5.13. The zero-order valence-electron chi connectivity index (χ0n) is 10.4. The highest BCUT2D eigenvalue weighted by molar-refractivity contribution is 5.99. The van der Waals surface area contributed by atoms with Gasteiger partial charge in [-0.2, -0.15) is 5.10 Å². The quantitative estimate of drug-likeness (QED) is 0.717. The fourth-order valence-corrected chi connectivity index (χ4v) is 1.48. The molecule has 2 amide bonds. The van der Waals surface area contributed by atoms with Crippen LogP contribution in [0.5, 0.6) is 0 Å². The minimum atomic E-state index is -0.325. The van der Waals surface area contributed by atoms with E-state index < -0.39 is 0 Å². The minimum absolute atomic E-state index is 0.0149. The molecule has 1 heterocycles. The highest BCUT2D eigenvalue weighted by Gasteiger charge is 2.22. The summed E-state index contributed by atoms with van der Waals surface area (Å²) < 4.78 is 1.42. The molecule has 17 heavy (non-hydrogen) atoms. The molecule has 1 aromatic heterocycles. The molecule has 0 aliphatic carbocycles. The minimum Gasteiger partial charge on any atom is -0.395 e. The van der Waals surface area contributed by atoms with Crippen molar-refractivity contribution in [3.8, 4) is 0 Å². The molecule has 1 aromatic rings. The van der Waals surface area contributed by atoms with Crippen LogP contribution in [0.1, 0.15) is 16.2 Å². The van der Waals surface area contributed by atoms with Crippen molar-refractivity contribution < 1.29 is 9.59 Å². The highest BCUT2D eigenvalue weighted by atomic mass is 16.2. The average molecular weight is 239 g/mol. The largest absolute Gasteiger partial charge is 0.395 e. The zero-order valence-corrected chi connectivity index (χ0v) is 10.4. The lowest BCUT2D eigenvalue weighted by Gasteiger charge is -2.16. The van der Waals surface area contributed by atoms with Crippen LogP contribution in [0.2, 0.25) is 0 Å². The Bertz CT molecular complexity index is 452. The van der Waals surface area contributed by atoms with Crippen molar-refractivity contribution in [1.82, 2.24) is 20.0 Å². The summed E-state index contributed by atoms with van der Waals surface area (Å²) >= 11 is 0. The Morgan fingerprint density at radius 3 is 2.53 bits per heavy atom. The fraction of sp³-hybridized carbons (Fsp3) is 0.500. The predicted octanol–water partition coefficient (Wildman–Crippen LogP) is -0.871. The molecule has 0 unspecified atom stereocenters. The highest BCUT2D eigenvalue weighted by Crippen LogP contribution is 2.16. The first-order chi connectivity index (χ1) is 7.88. The number of carbonyl (C=O) groups is 2. The molecule has 0 bridgehead atoms. The number of aromatic nitrogens is 2. The summed E-state index contributed by atoms with van der Waals surface area (Å²) in [4.78, 5) is 24.5. The van der Waals surface area contributed by atoms with Crippen LogP contribution >= 0.6 is 0 Å². The Labute approximate surface area is 99.6 Å². The Morgan fingerprint density at radius 1 is 1.53 bits per heavy atom. The standard InChI is InChI=1S/C10H17N5O2/c1-6-8(11)9(15(4)13-6)10(17)14(3)5-7(16)12-2/h5,11H2,1-4H3,(H,12,16). The van der Waals surface area contributed by atoms with E-state index in [2.05, 4.69) is 10.4 Å². The van der Waals surface area contributed by atoms with Crippen molar-refractivity contribution >= 4 is 17.5 Å². The molecule has 0 spiro atoms. The SMILES string of the molecule is CNC(=O)CN(C)C(=O)c1c(N)c(C)nn1C. The third-order valence-electron chi connectivity index (χ3n) is 2.48. The van der Waals surface area contributed by atoms with Gasteiger partial charge in [0.05, 0.1) is 17.9 Å². The Kier molecular flexibility index (Phi) is 3.72. The van der Waals surface area contributed by atoms with Gasteiger partial charge < -0.3 is 16.0 Å². The maximum Gasteiger partial charge on any atom is 0.274 e. The number of nitrogens with two attached hydrogens (primary N) is 1. The number of hydrogen-bond acceptors (Lipinski definition) is 4. The maximum absolute atomic E-state index is 12.1. The number of carbonyl (C=O) groups excluding carboxylic acids is 2. The van der Waals surface area contributed by atoms with Crippen LogP contribution in [0, 0.1) is 6.92 Å². The van der Waals surface area contributed by atoms with Crippen LogP contribution in [-0.4, -0.2) is 47.1 Å². The van der Waals surface area contributed by atoms with Crippen LogP contribution in [0.4, 0.5) is 5.69 Å². The van der Waals surface area contributed by atoms with Gasteiger partial charge >= 0.3 is 0 Å². The van der Waals surface area contributed by atoms with Gasteiger partial charge in [0.1, 0.15) is 5.69 Å². The summed E-state index contributed by atoms with van der Waals surface area (Å²) in [5.41, 5.74) is 7.02. The Morgan fingerprint density at radius 2 is 2.12 bits per heavy atom. The molecule has 0 aromatic carbocycles. The lowest BCUT2D eigenvalue weighted by Crippen LogP contribution is -2.37. The predicted molar refractivity (Wildman–Crippen MR) is 63.4 cm³/mol. The molecule has 0 atom stereocenters. The van der Waals surface area contributed by atoms with E-state index in [4.69, 9.17) is 5.73 Å². The topological polar surface area (TPSA) is 93.2 Å². The molecule has 7 nitrogen and oxygen atoms in total. The molecule has 0 aliphatic rings. The number of anilines is 1. The summed E-state index contributed by atoms with van der Waals surface area (Å²) in [5, 5.41) is 6.51. The van der Waals surface area contributed by atoms with E-state index in [-0.39, 0.29) is 18.4 Å². The number of nitrogen functional groups attached to an aromatic ring is 1. The summed E-state index contributed by atoms with van der Waals surface area (Å²) in [6.45, 7) is 1.71. The molecular weight excluding hydrogens is 222 g/mol. The number of hydrogen-bond donors (Lipinski definition) is 2. The molecular formula is C10H17N5O2. The zero-order chi connectivity index (χ0) is 13.2. The number of rotatable bonds is 3. The van der Waals surface area contributed by atoms with E-state index in [1.807, 2.05) is 0 Å². The summed E-state index contributed by atoms with van der Waals surface area (Å²) in [6.07, 6.45) is 0. The van der Waals surface area contributed by atoms with Crippen molar-refractivity contribution in [3.63, 3.8) is 0 Å². The van der Waals surface area contributed by atoms with Crippen molar-refractivity contribution in [3.05, 3.63) is 11.4 Å². The monoisotopic (exact) mass is 239 g/mol. The van der Waals surface area contributed by atoms with Gasteiger partial charge in [-0.3, -0.25) is 14.3 Å². The van der Waals surface area contributed by atoms with Gasteiger partial charge in [-0.15, -0.1) is 0 Å². The van der Waals surface area contributed by atoms with Crippen LogP contribution in [-0.2, 0) is 11.8 Å². The second kappa shape index (κ2) is 4.86. The van der Waals surface area contributed by atoms with Gasteiger partial charge in [-0.05, 0) is 6.92 Å². The number of likely N-dealkylation sites (N-methyl/N-ethyl adjacent to an activating group) is 2. The van der Waals surface area contributed by atoms with E-state index in [0.29, 0.717) is 17.1 Å².